The fourth-order valence-corrected chi connectivity index (χ4v) is 4.30. The first-order chi connectivity index (χ1) is 11.5. The van der Waals surface area contributed by atoms with Crippen LogP contribution in [0.1, 0.15) is 26.4 Å². The molecule has 1 aromatic carbocycles. The predicted molar refractivity (Wildman–Crippen MR) is 103 cm³/mol. The van der Waals surface area contributed by atoms with Gasteiger partial charge < -0.3 is 0 Å². The van der Waals surface area contributed by atoms with Gasteiger partial charge >= 0.3 is 0 Å². The standard InChI is InChI=1S/C17H14N2O2S3/c1-10-5-3-4-6-12(10)15(20)18-19-16(21)14(24-17(19)22)9-13-11(2)7-8-23-13/h3-9H,1-2H3,(H,18,20)/b14-9+. The zero-order valence-corrected chi connectivity index (χ0v) is 15.5. The number of hydrogen-bond acceptors (Lipinski definition) is 5. The van der Waals surface area contributed by atoms with E-state index in [0.29, 0.717) is 14.8 Å². The van der Waals surface area contributed by atoms with Crippen molar-refractivity contribution in [3.63, 3.8) is 0 Å². The van der Waals surface area contributed by atoms with E-state index in [4.69, 9.17) is 12.2 Å². The fourth-order valence-electron chi connectivity index (χ4n) is 2.20. The Labute approximate surface area is 153 Å². The minimum atomic E-state index is -0.349. The SMILES string of the molecule is Cc1ccccc1C(=O)NN1C(=O)/C(=C\c2sccc2C)SC1=S. The maximum atomic E-state index is 12.5. The highest BCUT2D eigenvalue weighted by atomic mass is 32.2. The highest BCUT2D eigenvalue weighted by Crippen LogP contribution is 2.33. The lowest BCUT2D eigenvalue weighted by Gasteiger charge is -2.16. The molecule has 1 aromatic heterocycles. The molecule has 0 spiro atoms. The Kier molecular flexibility index (Phi) is 4.84. The molecule has 0 bridgehead atoms. The lowest BCUT2D eigenvalue weighted by molar-refractivity contribution is -0.123. The van der Waals surface area contributed by atoms with Gasteiger partial charge in [0.2, 0.25) is 0 Å². The second kappa shape index (κ2) is 6.88. The molecule has 1 saturated heterocycles. The van der Waals surface area contributed by atoms with E-state index in [1.165, 1.54) is 11.8 Å². The van der Waals surface area contributed by atoms with Crippen LogP contribution in [0.4, 0.5) is 0 Å². The molecule has 7 heteroatoms. The van der Waals surface area contributed by atoms with Gasteiger partial charge in [-0.05, 0) is 60.8 Å². The van der Waals surface area contributed by atoms with Gasteiger partial charge in [-0.15, -0.1) is 11.3 Å². The summed E-state index contributed by atoms with van der Waals surface area (Å²) in [5.74, 6) is -0.655. The molecule has 2 aromatic rings. The summed E-state index contributed by atoms with van der Waals surface area (Å²) < 4.78 is 0.322. The molecule has 2 heterocycles. The predicted octanol–water partition coefficient (Wildman–Crippen LogP) is 3.91. The number of thiocarbonyl (C=S) groups is 1. The van der Waals surface area contributed by atoms with E-state index >= 15 is 0 Å². The number of nitrogens with zero attached hydrogens (tertiary/aromatic N) is 1. The minimum absolute atomic E-state index is 0.306. The number of benzene rings is 1. The van der Waals surface area contributed by atoms with Crippen LogP contribution in [0.15, 0.2) is 40.6 Å². The van der Waals surface area contributed by atoms with Crippen molar-refractivity contribution >= 4 is 57.5 Å². The second-order valence-electron chi connectivity index (χ2n) is 5.24. The van der Waals surface area contributed by atoms with Crippen LogP contribution >= 0.6 is 35.3 Å². The van der Waals surface area contributed by atoms with E-state index in [0.717, 1.165) is 21.0 Å². The molecule has 3 rings (SSSR count). The summed E-state index contributed by atoms with van der Waals surface area (Å²) in [7, 11) is 0. The summed E-state index contributed by atoms with van der Waals surface area (Å²) in [6.07, 6.45) is 1.82. The van der Waals surface area contributed by atoms with Crippen molar-refractivity contribution in [3.05, 3.63) is 62.2 Å². The molecule has 122 valence electrons. The summed E-state index contributed by atoms with van der Waals surface area (Å²) in [6.45, 7) is 3.84. The number of thioether (sulfide) groups is 1. The summed E-state index contributed by atoms with van der Waals surface area (Å²) in [5, 5.41) is 3.12. The second-order valence-corrected chi connectivity index (χ2v) is 7.86. The maximum absolute atomic E-state index is 12.5. The van der Waals surface area contributed by atoms with Crippen LogP contribution in [-0.2, 0) is 4.79 Å². The number of hydrazine groups is 1. The molecule has 0 saturated carbocycles. The largest absolute Gasteiger partial charge is 0.285 e. The van der Waals surface area contributed by atoms with Gasteiger partial charge in [-0.2, -0.15) is 5.01 Å². The molecular formula is C17H14N2O2S3. The number of nitrogens with one attached hydrogen (secondary N) is 1. The number of hydrogen-bond donors (Lipinski definition) is 1. The Morgan fingerprint density at radius 3 is 2.62 bits per heavy atom. The van der Waals surface area contributed by atoms with Crippen molar-refractivity contribution in [2.75, 3.05) is 0 Å². The van der Waals surface area contributed by atoms with E-state index in [1.54, 1.807) is 23.5 Å². The van der Waals surface area contributed by atoms with Crippen molar-refractivity contribution in [3.8, 4) is 0 Å². The van der Waals surface area contributed by atoms with Crippen molar-refractivity contribution < 1.29 is 9.59 Å². The zero-order valence-electron chi connectivity index (χ0n) is 13.0. The Hall–Kier alpha value is -1.96. The quantitative estimate of drug-likeness (QED) is 0.654. The van der Waals surface area contributed by atoms with E-state index in [-0.39, 0.29) is 11.8 Å². The molecule has 0 unspecified atom stereocenters. The monoisotopic (exact) mass is 374 g/mol. The average Bonchev–Trinajstić information content (AvgIpc) is 3.06. The first-order valence-corrected chi connectivity index (χ1v) is 9.26. The van der Waals surface area contributed by atoms with E-state index < -0.39 is 0 Å². The molecule has 1 aliphatic heterocycles. The van der Waals surface area contributed by atoms with E-state index in [2.05, 4.69) is 5.43 Å². The molecule has 2 amide bonds. The van der Waals surface area contributed by atoms with E-state index in [9.17, 15) is 9.59 Å². The maximum Gasteiger partial charge on any atom is 0.285 e. The molecule has 1 N–H and O–H groups in total. The van der Waals surface area contributed by atoms with Crippen LogP contribution in [0.5, 0.6) is 0 Å². The van der Waals surface area contributed by atoms with Gasteiger partial charge in [0.05, 0.1) is 4.91 Å². The van der Waals surface area contributed by atoms with Gasteiger partial charge in [0.25, 0.3) is 11.8 Å². The number of carbonyl (C=O) groups excluding carboxylic acids is 2. The first-order valence-electron chi connectivity index (χ1n) is 7.16. The van der Waals surface area contributed by atoms with Crippen molar-refractivity contribution in [2.24, 2.45) is 0 Å². The van der Waals surface area contributed by atoms with Crippen LogP contribution in [0.25, 0.3) is 6.08 Å². The van der Waals surface area contributed by atoms with Gasteiger partial charge in [0.15, 0.2) is 4.32 Å². The lowest BCUT2D eigenvalue weighted by atomic mass is 10.1. The van der Waals surface area contributed by atoms with Crippen LogP contribution in [-0.4, -0.2) is 21.1 Å². The summed E-state index contributed by atoms with van der Waals surface area (Å²) in [5.41, 5.74) is 5.07. The minimum Gasteiger partial charge on any atom is -0.267 e. The molecule has 0 radical (unpaired) electrons. The van der Waals surface area contributed by atoms with Crippen LogP contribution in [0.3, 0.4) is 0 Å². The smallest absolute Gasteiger partial charge is 0.267 e. The summed E-state index contributed by atoms with van der Waals surface area (Å²) >= 11 is 7.99. The summed E-state index contributed by atoms with van der Waals surface area (Å²) in [6, 6.07) is 9.20. The van der Waals surface area contributed by atoms with E-state index in [1.807, 2.05) is 43.5 Å². The van der Waals surface area contributed by atoms with Crippen molar-refractivity contribution in [1.29, 1.82) is 0 Å². The third-order valence-electron chi connectivity index (χ3n) is 3.56. The molecule has 0 atom stereocenters. The zero-order chi connectivity index (χ0) is 17.3. The van der Waals surface area contributed by atoms with Crippen LogP contribution in [0, 0.1) is 13.8 Å². The highest BCUT2D eigenvalue weighted by molar-refractivity contribution is 8.26. The Morgan fingerprint density at radius 2 is 1.96 bits per heavy atom. The topological polar surface area (TPSA) is 49.4 Å². The molecule has 24 heavy (non-hydrogen) atoms. The number of rotatable bonds is 3. The Morgan fingerprint density at radius 1 is 1.21 bits per heavy atom. The number of amides is 2. The van der Waals surface area contributed by atoms with Crippen molar-refractivity contribution in [2.45, 2.75) is 13.8 Å². The van der Waals surface area contributed by atoms with Gasteiger partial charge in [0.1, 0.15) is 0 Å². The molecular weight excluding hydrogens is 360 g/mol. The van der Waals surface area contributed by atoms with Crippen LogP contribution < -0.4 is 5.43 Å². The molecule has 4 nitrogen and oxygen atoms in total. The van der Waals surface area contributed by atoms with Crippen LogP contribution in [0.2, 0.25) is 0 Å². The first kappa shape index (κ1) is 16.9. The summed E-state index contributed by atoms with van der Waals surface area (Å²) in [4.78, 5) is 26.5. The highest BCUT2D eigenvalue weighted by Gasteiger charge is 2.34. The normalized spacial score (nSPS) is 16.1. The Bertz CT molecular complexity index is 870. The third kappa shape index (κ3) is 3.28. The molecule has 0 aliphatic carbocycles. The number of carbonyl (C=O) groups is 2. The van der Waals surface area contributed by atoms with Gasteiger partial charge in [-0.3, -0.25) is 15.0 Å². The molecule has 1 fully saturated rings. The number of aryl methyl sites for hydroxylation is 2. The third-order valence-corrected chi connectivity index (χ3v) is 5.83. The van der Waals surface area contributed by atoms with Gasteiger partial charge in [-0.25, -0.2) is 0 Å². The average molecular weight is 375 g/mol. The number of thiophene rings is 1. The van der Waals surface area contributed by atoms with Gasteiger partial charge in [-0.1, -0.05) is 30.0 Å². The lowest BCUT2D eigenvalue weighted by Crippen LogP contribution is -2.45. The molecule has 1 aliphatic rings. The van der Waals surface area contributed by atoms with Gasteiger partial charge in [0, 0.05) is 10.4 Å². The fraction of sp³-hybridized carbons (Fsp3) is 0.118. The van der Waals surface area contributed by atoms with Crippen molar-refractivity contribution in [1.82, 2.24) is 10.4 Å². The Balaban J connectivity index is 1.80.